The Balaban J connectivity index is 1.95. The standard InChI is InChI=1S/C13H21N3O3S/c1-11(10-16-6-8-19-9-7-16)15-20(17,18)13-4-2-12(14)3-5-13/h2-5,11,15H,6-10,14H2,1H3. The van der Waals surface area contributed by atoms with E-state index in [4.69, 9.17) is 10.5 Å². The first kappa shape index (κ1) is 15.2. The number of ether oxygens (including phenoxy) is 1. The number of anilines is 1. The van der Waals surface area contributed by atoms with Crippen molar-refractivity contribution in [1.29, 1.82) is 0 Å². The molecular formula is C13H21N3O3S. The van der Waals surface area contributed by atoms with E-state index in [0.717, 1.165) is 13.1 Å². The van der Waals surface area contributed by atoms with Crippen LogP contribution in [-0.4, -0.2) is 52.2 Å². The van der Waals surface area contributed by atoms with E-state index >= 15 is 0 Å². The lowest BCUT2D eigenvalue weighted by Crippen LogP contribution is -2.45. The van der Waals surface area contributed by atoms with Gasteiger partial charge in [-0.05, 0) is 31.2 Å². The van der Waals surface area contributed by atoms with Crippen molar-refractivity contribution in [2.45, 2.75) is 17.9 Å². The number of nitrogens with one attached hydrogen (secondary N) is 1. The van der Waals surface area contributed by atoms with Crippen LogP contribution in [-0.2, 0) is 14.8 Å². The van der Waals surface area contributed by atoms with Crippen LogP contribution in [0.5, 0.6) is 0 Å². The Bertz CT molecular complexity index is 524. The molecule has 20 heavy (non-hydrogen) atoms. The topological polar surface area (TPSA) is 84.7 Å². The average Bonchev–Trinajstić information content (AvgIpc) is 2.39. The fourth-order valence-electron chi connectivity index (χ4n) is 2.19. The summed E-state index contributed by atoms with van der Waals surface area (Å²) in [6.07, 6.45) is 0. The lowest BCUT2D eigenvalue weighted by atomic mass is 10.3. The quantitative estimate of drug-likeness (QED) is 0.762. The Morgan fingerprint density at radius 2 is 1.90 bits per heavy atom. The summed E-state index contributed by atoms with van der Waals surface area (Å²) < 4.78 is 32.4. The van der Waals surface area contributed by atoms with Crippen LogP contribution in [0.4, 0.5) is 5.69 Å². The van der Waals surface area contributed by atoms with Crippen LogP contribution in [0.25, 0.3) is 0 Å². The molecule has 0 bridgehead atoms. The van der Waals surface area contributed by atoms with Gasteiger partial charge in [-0.3, -0.25) is 4.90 Å². The van der Waals surface area contributed by atoms with Crippen molar-refractivity contribution < 1.29 is 13.2 Å². The molecule has 0 spiro atoms. The van der Waals surface area contributed by atoms with Crippen LogP contribution in [0.15, 0.2) is 29.2 Å². The highest BCUT2D eigenvalue weighted by Gasteiger charge is 2.20. The Kier molecular flexibility index (Phi) is 4.98. The Morgan fingerprint density at radius 3 is 2.50 bits per heavy atom. The molecule has 1 aromatic rings. The van der Waals surface area contributed by atoms with Gasteiger partial charge in [0.05, 0.1) is 18.1 Å². The maximum absolute atomic E-state index is 12.2. The first-order chi connectivity index (χ1) is 9.47. The first-order valence-electron chi connectivity index (χ1n) is 6.65. The minimum atomic E-state index is -3.49. The van der Waals surface area contributed by atoms with Gasteiger partial charge in [-0.15, -0.1) is 0 Å². The summed E-state index contributed by atoms with van der Waals surface area (Å²) in [5, 5.41) is 0. The van der Waals surface area contributed by atoms with Gasteiger partial charge in [0, 0.05) is 31.4 Å². The molecule has 6 nitrogen and oxygen atoms in total. The van der Waals surface area contributed by atoms with Gasteiger partial charge in [-0.2, -0.15) is 0 Å². The number of nitrogen functional groups attached to an aromatic ring is 1. The van der Waals surface area contributed by atoms with Crippen LogP contribution >= 0.6 is 0 Å². The highest BCUT2D eigenvalue weighted by molar-refractivity contribution is 7.89. The molecule has 0 radical (unpaired) electrons. The van der Waals surface area contributed by atoms with E-state index in [1.54, 1.807) is 12.1 Å². The molecule has 0 amide bonds. The minimum absolute atomic E-state index is 0.157. The van der Waals surface area contributed by atoms with Crippen LogP contribution in [0, 0.1) is 0 Å². The van der Waals surface area contributed by atoms with Crippen LogP contribution in [0.3, 0.4) is 0 Å². The number of nitrogens with zero attached hydrogens (tertiary/aromatic N) is 1. The predicted molar refractivity (Wildman–Crippen MR) is 77.9 cm³/mol. The SMILES string of the molecule is CC(CN1CCOCC1)NS(=O)(=O)c1ccc(N)cc1. The third-order valence-corrected chi connectivity index (χ3v) is 4.79. The molecule has 1 heterocycles. The zero-order chi connectivity index (χ0) is 14.6. The Morgan fingerprint density at radius 1 is 1.30 bits per heavy atom. The molecule has 1 fully saturated rings. The van der Waals surface area contributed by atoms with Crippen molar-refractivity contribution in [2.75, 3.05) is 38.6 Å². The maximum atomic E-state index is 12.2. The van der Waals surface area contributed by atoms with Crippen LogP contribution in [0.1, 0.15) is 6.92 Å². The normalized spacial score (nSPS) is 18.9. The second-order valence-electron chi connectivity index (χ2n) is 5.00. The maximum Gasteiger partial charge on any atom is 0.240 e. The summed E-state index contributed by atoms with van der Waals surface area (Å²) in [5.74, 6) is 0. The number of hydrogen-bond donors (Lipinski definition) is 2. The molecule has 3 N–H and O–H groups in total. The lowest BCUT2D eigenvalue weighted by Gasteiger charge is -2.29. The zero-order valence-corrected chi connectivity index (χ0v) is 12.4. The van der Waals surface area contributed by atoms with Gasteiger partial charge in [-0.25, -0.2) is 13.1 Å². The monoisotopic (exact) mass is 299 g/mol. The second kappa shape index (κ2) is 6.53. The number of morpholine rings is 1. The Labute approximate surface area is 120 Å². The molecule has 0 aromatic heterocycles. The van der Waals surface area contributed by atoms with Gasteiger partial charge in [0.1, 0.15) is 0 Å². The molecule has 1 atom stereocenters. The largest absolute Gasteiger partial charge is 0.399 e. The smallest absolute Gasteiger partial charge is 0.240 e. The first-order valence-corrected chi connectivity index (χ1v) is 8.14. The van der Waals surface area contributed by atoms with Gasteiger partial charge >= 0.3 is 0 Å². The van der Waals surface area contributed by atoms with Crippen LogP contribution in [0.2, 0.25) is 0 Å². The average molecular weight is 299 g/mol. The molecule has 1 unspecified atom stereocenters. The van der Waals surface area contributed by atoms with E-state index in [9.17, 15) is 8.42 Å². The molecule has 1 aromatic carbocycles. The summed E-state index contributed by atoms with van der Waals surface area (Å²) in [6, 6.07) is 6.04. The van der Waals surface area contributed by atoms with Crippen molar-refractivity contribution in [2.24, 2.45) is 0 Å². The van der Waals surface area contributed by atoms with Crippen molar-refractivity contribution in [3.63, 3.8) is 0 Å². The fourth-order valence-corrected chi connectivity index (χ4v) is 3.42. The second-order valence-corrected chi connectivity index (χ2v) is 6.72. The third-order valence-electron chi connectivity index (χ3n) is 3.18. The molecule has 2 rings (SSSR count). The summed E-state index contributed by atoms with van der Waals surface area (Å²) in [5.41, 5.74) is 6.11. The third kappa shape index (κ3) is 4.17. The molecule has 0 aliphatic carbocycles. The number of benzene rings is 1. The molecule has 112 valence electrons. The van der Waals surface area contributed by atoms with E-state index < -0.39 is 10.0 Å². The summed E-state index contributed by atoms with van der Waals surface area (Å²) in [6.45, 7) is 5.64. The molecule has 1 aliphatic rings. The zero-order valence-electron chi connectivity index (χ0n) is 11.6. The van der Waals surface area contributed by atoms with Gasteiger partial charge < -0.3 is 10.5 Å². The van der Waals surface area contributed by atoms with E-state index in [2.05, 4.69) is 9.62 Å². The summed E-state index contributed by atoms with van der Waals surface area (Å²) >= 11 is 0. The minimum Gasteiger partial charge on any atom is -0.399 e. The van der Waals surface area contributed by atoms with E-state index in [0.29, 0.717) is 25.4 Å². The number of rotatable bonds is 5. The molecule has 7 heteroatoms. The molecule has 1 saturated heterocycles. The predicted octanol–water partition coefficient (Wildman–Crippen LogP) is 0.268. The van der Waals surface area contributed by atoms with E-state index in [1.165, 1.54) is 12.1 Å². The van der Waals surface area contributed by atoms with Gasteiger partial charge in [0.15, 0.2) is 0 Å². The van der Waals surface area contributed by atoms with Gasteiger partial charge in [0.25, 0.3) is 0 Å². The molecular weight excluding hydrogens is 278 g/mol. The Hall–Kier alpha value is -1.15. The summed E-state index contributed by atoms with van der Waals surface area (Å²) in [7, 11) is -3.49. The van der Waals surface area contributed by atoms with E-state index in [-0.39, 0.29) is 10.9 Å². The fraction of sp³-hybridized carbons (Fsp3) is 0.538. The lowest BCUT2D eigenvalue weighted by molar-refractivity contribution is 0.0354. The number of sulfonamides is 1. The highest BCUT2D eigenvalue weighted by Crippen LogP contribution is 2.12. The molecule has 0 saturated carbocycles. The number of hydrogen-bond acceptors (Lipinski definition) is 5. The van der Waals surface area contributed by atoms with Crippen LogP contribution < -0.4 is 10.5 Å². The highest BCUT2D eigenvalue weighted by atomic mass is 32.2. The molecule has 1 aliphatic heterocycles. The summed E-state index contributed by atoms with van der Waals surface area (Å²) in [4.78, 5) is 2.43. The van der Waals surface area contributed by atoms with Crippen molar-refractivity contribution >= 4 is 15.7 Å². The van der Waals surface area contributed by atoms with E-state index in [1.807, 2.05) is 6.92 Å². The van der Waals surface area contributed by atoms with Crippen molar-refractivity contribution in [3.05, 3.63) is 24.3 Å². The number of nitrogens with two attached hydrogens (primary N) is 1. The van der Waals surface area contributed by atoms with Crippen molar-refractivity contribution in [1.82, 2.24) is 9.62 Å². The van der Waals surface area contributed by atoms with Gasteiger partial charge in [-0.1, -0.05) is 0 Å². The van der Waals surface area contributed by atoms with Gasteiger partial charge in [0.2, 0.25) is 10.0 Å². The van der Waals surface area contributed by atoms with Crippen molar-refractivity contribution in [3.8, 4) is 0 Å².